The average molecular weight is 257 g/mol. The van der Waals surface area contributed by atoms with Crippen molar-refractivity contribution in [2.45, 2.75) is 26.2 Å². The largest absolute Gasteiger partial charge is 0.384 e. The molecule has 1 saturated carbocycles. The Bertz CT molecular complexity index is 513. The molecule has 1 aromatic carbocycles. The van der Waals surface area contributed by atoms with Gasteiger partial charge < -0.3 is 10.4 Å². The molecular formula is C16H19NO2. The minimum absolute atomic E-state index is 0.109. The maximum Gasteiger partial charge on any atom is 0.227 e. The van der Waals surface area contributed by atoms with Crippen molar-refractivity contribution in [3.63, 3.8) is 0 Å². The maximum absolute atomic E-state index is 12.2. The van der Waals surface area contributed by atoms with Crippen LogP contribution in [-0.2, 0) is 4.79 Å². The van der Waals surface area contributed by atoms with Crippen LogP contribution in [0.3, 0.4) is 0 Å². The summed E-state index contributed by atoms with van der Waals surface area (Å²) in [7, 11) is 0. The number of nitrogens with one attached hydrogen (secondary N) is 1. The molecule has 1 amide bonds. The number of benzene rings is 1. The van der Waals surface area contributed by atoms with E-state index in [0.717, 1.165) is 30.5 Å². The lowest BCUT2D eigenvalue weighted by molar-refractivity contribution is -0.120. The van der Waals surface area contributed by atoms with E-state index in [2.05, 4.69) is 24.1 Å². The Morgan fingerprint density at radius 3 is 3.00 bits per heavy atom. The van der Waals surface area contributed by atoms with Crippen LogP contribution in [-0.4, -0.2) is 17.6 Å². The minimum atomic E-state index is -0.157. The molecule has 2 atom stereocenters. The predicted molar refractivity (Wildman–Crippen MR) is 75.5 cm³/mol. The number of carbonyl (C=O) groups is 1. The quantitative estimate of drug-likeness (QED) is 0.799. The summed E-state index contributed by atoms with van der Waals surface area (Å²) in [6.45, 7) is 1.98. The molecule has 2 N–H and O–H groups in total. The highest BCUT2D eigenvalue weighted by atomic mass is 16.2. The number of amides is 1. The molecule has 1 aliphatic rings. The first kappa shape index (κ1) is 13.6. The van der Waals surface area contributed by atoms with Crippen molar-refractivity contribution in [3.8, 4) is 11.8 Å². The molecule has 0 spiro atoms. The first-order valence-corrected chi connectivity index (χ1v) is 6.71. The summed E-state index contributed by atoms with van der Waals surface area (Å²) in [5.74, 6) is 6.15. The van der Waals surface area contributed by atoms with Crippen molar-refractivity contribution in [1.29, 1.82) is 0 Å². The standard InChI is InChI=1S/C16H19NO2/c1-12-5-2-9-15(12)16(19)17-14-8-3-6-13(11-14)7-4-10-18/h3,6,8,11-12,15,18H,2,5,9-10H2,1H3,(H,17,19). The molecule has 1 fully saturated rings. The first-order valence-electron chi connectivity index (χ1n) is 6.71. The van der Waals surface area contributed by atoms with E-state index >= 15 is 0 Å². The van der Waals surface area contributed by atoms with E-state index in [4.69, 9.17) is 5.11 Å². The van der Waals surface area contributed by atoms with Gasteiger partial charge in [0, 0.05) is 17.2 Å². The second-order valence-electron chi connectivity index (χ2n) is 5.04. The van der Waals surface area contributed by atoms with Gasteiger partial charge in [0.2, 0.25) is 5.91 Å². The Hall–Kier alpha value is -1.79. The summed E-state index contributed by atoms with van der Waals surface area (Å²) in [6, 6.07) is 7.41. The second kappa shape index (κ2) is 6.40. The lowest BCUT2D eigenvalue weighted by Gasteiger charge is -2.15. The Morgan fingerprint density at radius 1 is 1.47 bits per heavy atom. The van der Waals surface area contributed by atoms with Crippen LogP contribution in [0.5, 0.6) is 0 Å². The van der Waals surface area contributed by atoms with Crippen LogP contribution < -0.4 is 5.32 Å². The molecule has 100 valence electrons. The molecule has 1 aromatic rings. The van der Waals surface area contributed by atoms with Crippen molar-refractivity contribution in [2.75, 3.05) is 11.9 Å². The summed E-state index contributed by atoms with van der Waals surface area (Å²) in [4.78, 5) is 12.2. The molecule has 0 heterocycles. The minimum Gasteiger partial charge on any atom is -0.384 e. The highest BCUT2D eigenvalue weighted by Gasteiger charge is 2.29. The number of aliphatic hydroxyl groups excluding tert-OH is 1. The summed E-state index contributed by atoms with van der Waals surface area (Å²) in [5.41, 5.74) is 1.57. The molecule has 1 aliphatic carbocycles. The SMILES string of the molecule is CC1CCCC1C(=O)Nc1cccc(C#CCO)c1. The molecule has 3 heteroatoms. The second-order valence-corrected chi connectivity index (χ2v) is 5.04. The van der Waals surface area contributed by atoms with E-state index in [-0.39, 0.29) is 18.4 Å². The van der Waals surface area contributed by atoms with Crippen molar-refractivity contribution in [2.24, 2.45) is 11.8 Å². The zero-order valence-corrected chi connectivity index (χ0v) is 11.1. The van der Waals surface area contributed by atoms with E-state index in [0.29, 0.717) is 5.92 Å². The van der Waals surface area contributed by atoms with Crippen LogP contribution in [0.25, 0.3) is 0 Å². The van der Waals surface area contributed by atoms with Gasteiger partial charge in [-0.15, -0.1) is 0 Å². The maximum atomic E-state index is 12.2. The number of rotatable bonds is 2. The summed E-state index contributed by atoms with van der Waals surface area (Å²) in [6.07, 6.45) is 3.26. The highest BCUT2D eigenvalue weighted by Crippen LogP contribution is 2.32. The third-order valence-electron chi connectivity index (χ3n) is 3.64. The number of hydrogen-bond donors (Lipinski definition) is 2. The lowest BCUT2D eigenvalue weighted by Crippen LogP contribution is -2.24. The van der Waals surface area contributed by atoms with Crippen LogP contribution >= 0.6 is 0 Å². The number of anilines is 1. The van der Waals surface area contributed by atoms with Gasteiger partial charge in [-0.05, 0) is 37.0 Å². The third kappa shape index (κ3) is 3.59. The predicted octanol–water partition coefficient (Wildman–Crippen LogP) is 2.41. The monoisotopic (exact) mass is 257 g/mol. The number of aliphatic hydroxyl groups is 1. The van der Waals surface area contributed by atoms with Crippen LogP contribution in [0.1, 0.15) is 31.7 Å². The zero-order valence-electron chi connectivity index (χ0n) is 11.1. The van der Waals surface area contributed by atoms with Crippen LogP contribution in [0, 0.1) is 23.7 Å². The van der Waals surface area contributed by atoms with Gasteiger partial charge in [-0.25, -0.2) is 0 Å². The molecule has 0 aliphatic heterocycles. The molecule has 0 radical (unpaired) electrons. The highest BCUT2D eigenvalue weighted by molar-refractivity contribution is 5.93. The normalized spacial score (nSPS) is 21.6. The van der Waals surface area contributed by atoms with E-state index < -0.39 is 0 Å². The van der Waals surface area contributed by atoms with Gasteiger partial charge in [0.25, 0.3) is 0 Å². The van der Waals surface area contributed by atoms with E-state index in [1.165, 1.54) is 0 Å². The Labute approximate surface area is 114 Å². The van der Waals surface area contributed by atoms with Gasteiger partial charge in [-0.2, -0.15) is 0 Å². The van der Waals surface area contributed by atoms with E-state index in [1.807, 2.05) is 24.3 Å². The van der Waals surface area contributed by atoms with Crippen molar-refractivity contribution < 1.29 is 9.90 Å². The molecule has 3 nitrogen and oxygen atoms in total. The van der Waals surface area contributed by atoms with Gasteiger partial charge >= 0.3 is 0 Å². The summed E-state index contributed by atoms with van der Waals surface area (Å²) < 4.78 is 0. The van der Waals surface area contributed by atoms with E-state index in [1.54, 1.807) is 0 Å². The first-order chi connectivity index (χ1) is 9.20. The zero-order chi connectivity index (χ0) is 13.7. The van der Waals surface area contributed by atoms with E-state index in [9.17, 15) is 4.79 Å². The van der Waals surface area contributed by atoms with Gasteiger partial charge in [0.1, 0.15) is 6.61 Å². The molecule has 0 saturated heterocycles. The molecule has 0 bridgehead atoms. The van der Waals surface area contributed by atoms with Crippen molar-refractivity contribution in [3.05, 3.63) is 29.8 Å². The Balaban J connectivity index is 2.04. The fourth-order valence-corrected chi connectivity index (χ4v) is 2.59. The van der Waals surface area contributed by atoms with Crippen molar-refractivity contribution in [1.82, 2.24) is 0 Å². The molecule has 0 aromatic heterocycles. The summed E-state index contributed by atoms with van der Waals surface area (Å²) in [5, 5.41) is 11.6. The van der Waals surface area contributed by atoms with Gasteiger partial charge in [0.15, 0.2) is 0 Å². The third-order valence-corrected chi connectivity index (χ3v) is 3.64. The lowest BCUT2D eigenvalue weighted by atomic mass is 9.97. The number of carbonyl (C=O) groups excluding carboxylic acids is 1. The van der Waals surface area contributed by atoms with Gasteiger partial charge in [0.05, 0.1) is 0 Å². The number of hydrogen-bond acceptors (Lipinski definition) is 2. The fraction of sp³-hybridized carbons (Fsp3) is 0.438. The molecular weight excluding hydrogens is 238 g/mol. The molecule has 2 unspecified atom stereocenters. The van der Waals surface area contributed by atoms with Crippen molar-refractivity contribution >= 4 is 11.6 Å². The van der Waals surface area contributed by atoms with Crippen LogP contribution in [0.4, 0.5) is 5.69 Å². The van der Waals surface area contributed by atoms with Gasteiger partial charge in [-0.1, -0.05) is 31.3 Å². The Morgan fingerprint density at radius 2 is 2.32 bits per heavy atom. The molecule has 19 heavy (non-hydrogen) atoms. The van der Waals surface area contributed by atoms with Crippen LogP contribution in [0.2, 0.25) is 0 Å². The molecule has 2 rings (SSSR count). The average Bonchev–Trinajstić information content (AvgIpc) is 2.83. The Kier molecular flexibility index (Phi) is 4.59. The summed E-state index contributed by atoms with van der Waals surface area (Å²) >= 11 is 0. The fourth-order valence-electron chi connectivity index (χ4n) is 2.59. The van der Waals surface area contributed by atoms with Gasteiger partial charge in [-0.3, -0.25) is 4.79 Å². The topological polar surface area (TPSA) is 49.3 Å². The van der Waals surface area contributed by atoms with Crippen LogP contribution in [0.15, 0.2) is 24.3 Å². The smallest absolute Gasteiger partial charge is 0.227 e.